The molecule has 9 nitrogen and oxygen atoms in total. The normalized spacial score (nSPS) is 17.9. The number of pyridine rings is 1. The molecule has 1 aliphatic heterocycles. The summed E-state index contributed by atoms with van der Waals surface area (Å²) in [6, 6.07) is 5.50. The largest absolute Gasteiger partial charge is 0.495 e. The number of amides is 1. The van der Waals surface area contributed by atoms with Crippen LogP contribution in [0, 0.1) is 5.82 Å². The minimum Gasteiger partial charge on any atom is -0.495 e. The van der Waals surface area contributed by atoms with Crippen molar-refractivity contribution in [2.45, 2.75) is 23.9 Å². The second-order valence-electron chi connectivity index (χ2n) is 7.06. The fraction of sp³-hybridized carbons (Fsp3) is 0.400. The molecule has 0 radical (unpaired) electrons. The molecule has 0 aliphatic carbocycles. The molecule has 2 atom stereocenters. The number of hydrogen-bond acceptors (Lipinski definition) is 7. The summed E-state index contributed by atoms with van der Waals surface area (Å²) in [6.45, 7) is 2.55. The lowest BCUT2D eigenvalue weighted by Crippen LogP contribution is -2.57. The van der Waals surface area contributed by atoms with E-state index in [2.05, 4.69) is 9.71 Å². The number of hydrogen-bond donors (Lipinski definition) is 2. The first-order chi connectivity index (χ1) is 14.8. The van der Waals surface area contributed by atoms with Crippen molar-refractivity contribution >= 4 is 15.9 Å². The van der Waals surface area contributed by atoms with Crippen LogP contribution >= 0.6 is 0 Å². The summed E-state index contributed by atoms with van der Waals surface area (Å²) in [6.07, 6.45) is 1.50. The molecule has 31 heavy (non-hydrogen) atoms. The van der Waals surface area contributed by atoms with Gasteiger partial charge < -0.3 is 20.1 Å². The molecule has 1 aromatic carbocycles. The van der Waals surface area contributed by atoms with Crippen molar-refractivity contribution < 1.29 is 27.1 Å². The third kappa shape index (κ3) is 5.01. The van der Waals surface area contributed by atoms with Gasteiger partial charge in [0.1, 0.15) is 22.5 Å². The van der Waals surface area contributed by atoms with Crippen LogP contribution in [0.5, 0.6) is 5.75 Å². The second kappa shape index (κ2) is 9.69. The van der Waals surface area contributed by atoms with E-state index in [0.717, 1.165) is 12.1 Å². The Labute approximate surface area is 180 Å². The van der Waals surface area contributed by atoms with Gasteiger partial charge in [0.15, 0.2) is 0 Å². The second-order valence-corrected chi connectivity index (χ2v) is 8.75. The van der Waals surface area contributed by atoms with E-state index >= 15 is 0 Å². The van der Waals surface area contributed by atoms with Crippen LogP contribution in [0.2, 0.25) is 0 Å². The highest BCUT2D eigenvalue weighted by Crippen LogP contribution is 2.35. The summed E-state index contributed by atoms with van der Waals surface area (Å²) < 4.78 is 53.6. The number of ether oxygens (including phenoxy) is 2. The van der Waals surface area contributed by atoms with Gasteiger partial charge in [-0.1, -0.05) is 6.07 Å². The molecule has 0 unspecified atom stereocenters. The first-order valence-corrected chi connectivity index (χ1v) is 11.2. The van der Waals surface area contributed by atoms with E-state index in [9.17, 15) is 17.6 Å². The van der Waals surface area contributed by atoms with Gasteiger partial charge in [0.05, 0.1) is 32.1 Å². The molecule has 1 fully saturated rings. The lowest BCUT2D eigenvalue weighted by atomic mass is 10.1. The molecule has 2 heterocycles. The fourth-order valence-electron chi connectivity index (χ4n) is 3.40. The molecular formula is C20H25FN4O5S. The maximum atomic E-state index is 14.4. The van der Waals surface area contributed by atoms with E-state index in [1.54, 1.807) is 25.1 Å². The van der Waals surface area contributed by atoms with Crippen molar-refractivity contribution in [1.29, 1.82) is 0 Å². The summed E-state index contributed by atoms with van der Waals surface area (Å²) >= 11 is 0. The van der Waals surface area contributed by atoms with Gasteiger partial charge in [-0.15, -0.1) is 0 Å². The van der Waals surface area contributed by atoms with Crippen LogP contribution < -0.4 is 15.2 Å². The zero-order chi connectivity index (χ0) is 22.6. The van der Waals surface area contributed by atoms with Crippen LogP contribution in [-0.4, -0.2) is 69.7 Å². The third-order valence-corrected chi connectivity index (χ3v) is 6.41. The van der Waals surface area contributed by atoms with Crippen molar-refractivity contribution in [3.8, 4) is 17.0 Å². The number of rotatable bonds is 7. The number of methoxy groups -OCH3 is 1. The van der Waals surface area contributed by atoms with Crippen LogP contribution in [0.25, 0.3) is 11.3 Å². The van der Waals surface area contributed by atoms with Gasteiger partial charge in [0, 0.05) is 24.8 Å². The van der Waals surface area contributed by atoms with E-state index in [1.807, 2.05) is 0 Å². The lowest BCUT2D eigenvalue weighted by Gasteiger charge is -2.35. The molecule has 2 aromatic rings. The Morgan fingerprint density at radius 2 is 2.23 bits per heavy atom. The fourth-order valence-corrected chi connectivity index (χ4v) is 4.80. The molecule has 3 rings (SSSR count). The van der Waals surface area contributed by atoms with Crippen molar-refractivity contribution in [3.05, 3.63) is 42.3 Å². The Hall–Kier alpha value is -2.60. The van der Waals surface area contributed by atoms with E-state index in [4.69, 9.17) is 15.2 Å². The molecule has 1 aromatic heterocycles. The van der Waals surface area contributed by atoms with E-state index in [-0.39, 0.29) is 23.9 Å². The number of nitrogens with one attached hydrogen (secondary N) is 1. The Balaban J connectivity index is 1.97. The van der Waals surface area contributed by atoms with Gasteiger partial charge >= 0.3 is 0 Å². The van der Waals surface area contributed by atoms with Crippen LogP contribution in [0.1, 0.15) is 6.92 Å². The van der Waals surface area contributed by atoms with Crippen molar-refractivity contribution in [1.82, 2.24) is 14.6 Å². The average Bonchev–Trinajstić information content (AvgIpc) is 2.77. The lowest BCUT2D eigenvalue weighted by molar-refractivity contribution is -0.140. The van der Waals surface area contributed by atoms with Gasteiger partial charge in [0.25, 0.3) is 0 Å². The molecule has 0 saturated carbocycles. The zero-order valence-corrected chi connectivity index (χ0v) is 18.1. The van der Waals surface area contributed by atoms with Crippen molar-refractivity contribution in [2.24, 2.45) is 5.73 Å². The van der Waals surface area contributed by atoms with Gasteiger partial charge in [-0.05, 0) is 31.2 Å². The Kier molecular flexibility index (Phi) is 7.21. The Morgan fingerprint density at radius 1 is 1.45 bits per heavy atom. The molecule has 0 bridgehead atoms. The van der Waals surface area contributed by atoms with Crippen molar-refractivity contribution in [3.63, 3.8) is 0 Å². The van der Waals surface area contributed by atoms with Crippen LogP contribution in [0.15, 0.2) is 41.4 Å². The summed E-state index contributed by atoms with van der Waals surface area (Å²) in [5, 5.41) is 0. The van der Waals surface area contributed by atoms with Gasteiger partial charge in [0.2, 0.25) is 15.9 Å². The topological polar surface area (TPSA) is 124 Å². The molecule has 168 valence electrons. The highest BCUT2D eigenvalue weighted by Gasteiger charge is 2.34. The van der Waals surface area contributed by atoms with Crippen LogP contribution in [0.4, 0.5) is 4.39 Å². The molecule has 1 aliphatic rings. The first kappa shape index (κ1) is 23.1. The van der Waals surface area contributed by atoms with Crippen LogP contribution in [0.3, 0.4) is 0 Å². The van der Waals surface area contributed by atoms with E-state index in [0.29, 0.717) is 25.5 Å². The summed E-state index contributed by atoms with van der Waals surface area (Å²) in [4.78, 5) is 18.1. The predicted octanol–water partition coefficient (Wildman–Crippen LogP) is 0.749. The number of nitrogens with zero attached hydrogens (tertiary/aromatic N) is 2. The van der Waals surface area contributed by atoms with Crippen LogP contribution in [-0.2, 0) is 19.6 Å². The molecule has 11 heteroatoms. The molecule has 3 N–H and O–H groups in total. The smallest absolute Gasteiger partial charge is 0.245 e. The van der Waals surface area contributed by atoms with Gasteiger partial charge in [-0.25, -0.2) is 12.8 Å². The first-order valence-electron chi connectivity index (χ1n) is 9.68. The molecule has 0 spiro atoms. The minimum absolute atomic E-state index is 0.0874. The number of halogens is 1. The predicted molar refractivity (Wildman–Crippen MR) is 111 cm³/mol. The molecular weight excluding hydrogens is 427 g/mol. The highest BCUT2D eigenvalue weighted by molar-refractivity contribution is 7.89. The number of nitrogens with two attached hydrogens (primary N) is 1. The number of morpholine rings is 1. The zero-order valence-electron chi connectivity index (χ0n) is 17.2. The van der Waals surface area contributed by atoms with Gasteiger partial charge in [-0.3, -0.25) is 9.78 Å². The maximum Gasteiger partial charge on any atom is 0.245 e. The quantitative estimate of drug-likeness (QED) is 0.635. The monoisotopic (exact) mass is 452 g/mol. The summed E-state index contributed by atoms with van der Waals surface area (Å²) in [5.41, 5.74) is 6.22. The maximum absolute atomic E-state index is 14.4. The SMILES string of the molecule is COc1c(-c2ccccn2)cc(F)cc1S(=O)(=O)N[C@@H](CN)C(=O)N1CCOC[C@@H]1C. The third-order valence-electron chi connectivity index (χ3n) is 4.94. The molecule has 1 amide bonds. The van der Waals surface area contributed by atoms with Crippen molar-refractivity contribution in [2.75, 3.05) is 33.4 Å². The van der Waals surface area contributed by atoms with E-state index in [1.165, 1.54) is 18.2 Å². The Morgan fingerprint density at radius 3 is 2.84 bits per heavy atom. The van der Waals surface area contributed by atoms with E-state index < -0.39 is 32.7 Å². The van der Waals surface area contributed by atoms with Gasteiger partial charge in [-0.2, -0.15) is 4.72 Å². The highest BCUT2D eigenvalue weighted by atomic mass is 32.2. The average molecular weight is 453 g/mol. The standard InChI is InChI=1S/C20H25FN4O5S/c1-13-12-30-8-7-25(13)20(26)17(11-22)24-31(27,28)18-10-14(21)9-15(19(18)29-2)16-5-3-4-6-23-16/h3-6,9-10,13,17,24H,7-8,11-12,22H2,1-2H3/t13-,17-/m0/s1. The number of carbonyl (C=O) groups is 1. The number of benzene rings is 1. The molecule has 1 saturated heterocycles. The number of aromatic nitrogens is 1. The Bertz CT molecular complexity index is 1040. The number of carbonyl (C=O) groups excluding carboxylic acids is 1. The minimum atomic E-state index is -4.37. The number of sulfonamides is 1. The summed E-state index contributed by atoms with van der Waals surface area (Å²) in [5.74, 6) is -1.35. The summed E-state index contributed by atoms with van der Waals surface area (Å²) in [7, 11) is -3.09.